The molecule has 0 atom stereocenters. The second kappa shape index (κ2) is 7.51. The van der Waals surface area contributed by atoms with Crippen molar-refractivity contribution in [2.75, 3.05) is 0 Å². The first-order chi connectivity index (χ1) is 14.3. The lowest BCUT2D eigenvalue weighted by Crippen LogP contribution is -2.11. The van der Waals surface area contributed by atoms with E-state index in [-0.39, 0.29) is 17.1 Å². The smallest absolute Gasteiger partial charge is 0.262 e. The van der Waals surface area contributed by atoms with Crippen LogP contribution < -0.4 is 0 Å². The van der Waals surface area contributed by atoms with Crippen LogP contribution in [0.25, 0.3) is 34.0 Å². The Kier molecular flexibility index (Phi) is 5.01. The van der Waals surface area contributed by atoms with Crippen molar-refractivity contribution in [1.29, 1.82) is 0 Å². The average Bonchev–Trinajstić information content (AvgIpc) is 3.17. The first-order valence-electron chi connectivity index (χ1n) is 9.61. The van der Waals surface area contributed by atoms with E-state index in [0.29, 0.717) is 27.5 Å². The number of phenols is 1. The van der Waals surface area contributed by atoms with Crippen LogP contribution in [0.3, 0.4) is 0 Å². The van der Waals surface area contributed by atoms with Crippen molar-refractivity contribution in [3.8, 4) is 39.7 Å². The van der Waals surface area contributed by atoms with E-state index in [1.54, 1.807) is 12.1 Å². The molecule has 0 aliphatic rings. The maximum Gasteiger partial charge on any atom is 0.262 e. The molecule has 150 valence electrons. The van der Waals surface area contributed by atoms with Crippen molar-refractivity contribution in [2.24, 2.45) is 0 Å². The number of phenolic OH excluding ortho intramolecular Hbond substituents is 1. The van der Waals surface area contributed by atoms with E-state index in [4.69, 9.17) is 16.1 Å². The Morgan fingerprint density at radius 3 is 2.50 bits per heavy atom. The summed E-state index contributed by atoms with van der Waals surface area (Å²) < 4.78 is 5.56. The highest BCUT2D eigenvalue weighted by molar-refractivity contribution is 6.33. The Labute approximate surface area is 181 Å². The molecule has 3 aromatic carbocycles. The number of aryl methyl sites for hydroxylation is 1. The van der Waals surface area contributed by atoms with Gasteiger partial charge in [0.1, 0.15) is 5.75 Å². The van der Waals surface area contributed by atoms with Crippen molar-refractivity contribution < 1.29 is 9.63 Å². The number of hydrogen-bond acceptors (Lipinski definition) is 4. The summed E-state index contributed by atoms with van der Waals surface area (Å²) in [5, 5.41) is 15.8. The van der Waals surface area contributed by atoms with E-state index in [9.17, 15) is 5.11 Å². The first kappa shape index (κ1) is 20.0. The third kappa shape index (κ3) is 3.65. The maximum atomic E-state index is 11.1. The Balaban J connectivity index is 1.90. The monoisotopic (exact) mass is 416 g/mol. The van der Waals surface area contributed by atoms with Gasteiger partial charge in [0, 0.05) is 16.7 Å². The lowest BCUT2D eigenvalue weighted by molar-refractivity contribution is 0.425. The SMILES string of the molecule is Cc1cccc(Cl)c1-c1noc(-c2cc(C(C)(C)C)cc(-c3c#cccc3)c2O)n1. The Morgan fingerprint density at radius 1 is 1.07 bits per heavy atom. The number of aromatic hydroxyl groups is 1. The number of aromatic nitrogens is 2. The van der Waals surface area contributed by atoms with Crippen LogP contribution in [0.1, 0.15) is 31.9 Å². The van der Waals surface area contributed by atoms with Gasteiger partial charge in [0.25, 0.3) is 5.89 Å². The molecule has 0 aliphatic heterocycles. The van der Waals surface area contributed by atoms with Crippen molar-refractivity contribution in [1.82, 2.24) is 10.1 Å². The van der Waals surface area contributed by atoms with Crippen molar-refractivity contribution in [3.05, 3.63) is 76.8 Å². The maximum absolute atomic E-state index is 11.1. The first-order valence-corrected chi connectivity index (χ1v) is 9.99. The topological polar surface area (TPSA) is 59.2 Å². The number of hydrogen-bond donors (Lipinski definition) is 1. The fourth-order valence-corrected chi connectivity index (χ4v) is 3.60. The zero-order valence-corrected chi connectivity index (χ0v) is 18.0. The summed E-state index contributed by atoms with van der Waals surface area (Å²) in [7, 11) is 0. The molecule has 0 bridgehead atoms. The summed E-state index contributed by atoms with van der Waals surface area (Å²) >= 11 is 6.36. The van der Waals surface area contributed by atoms with E-state index in [1.165, 1.54) is 0 Å². The normalized spacial score (nSPS) is 11.4. The minimum atomic E-state index is -0.155. The minimum Gasteiger partial charge on any atom is -0.506 e. The summed E-state index contributed by atoms with van der Waals surface area (Å²) in [6.07, 6.45) is 0. The molecule has 0 spiro atoms. The summed E-state index contributed by atoms with van der Waals surface area (Å²) in [5.41, 5.74) is 4.38. The summed E-state index contributed by atoms with van der Waals surface area (Å²) in [6.45, 7) is 8.27. The predicted molar refractivity (Wildman–Crippen MR) is 118 cm³/mol. The average molecular weight is 417 g/mol. The third-order valence-corrected chi connectivity index (χ3v) is 5.33. The molecule has 0 saturated carbocycles. The molecule has 0 saturated heterocycles. The molecule has 4 rings (SSSR count). The van der Waals surface area contributed by atoms with Gasteiger partial charge in [0.2, 0.25) is 5.82 Å². The van der Waals surface area contributed by atoms with Crippen LogP contribution in [0.15, 0.2) is 53.1 Å². The highest BCUT2D eigenvalue weighted by atomic mass is 35.5. The molecule has 0 aliphatic carbocycles. The van der Waals surface area contributed by atoms with Gasteiger partial charge in [-0.15, -0.1) is 0 Å². The molecule has 4 nitrogen and oxygen atoms in total. The van der Waals surface area contributed by atoms with Crippen LogP contribution in [-0.4, -0.2) is 15.2 Å². The molecular formula is C25H21ClN2O2. The number of nitrogens with zero attached hydrogens (tertiary/aromatic N) is 2. The second-order valence-corrected chi connectivity index (χ2v) is 8.64. The lowest BCUT2D eigenvalue weighted by atomic mass is 9.84. The van der Waals surface area contributed by atoms with Gasteiger partial charge in [-0.2, -0.15) is 4.98 Å². The van der Waals surface area contributed by atoms with E-state index in [1.807, 2.05) is 43.3 Å². The molecule has 0 amide bonds. The fraction of sp³-hybridized carbons (Fsp3) is 0.200. The van der Waals surface area contributed by atoms with Gasteiger partial charge in [-0.25, -0.2) is 0 Å². The number of rotatable bonds is 3. The zero-order valence-electron chi connectivity index (χ0n) is 17.2. The van der Waals surface area contributed by atoms with Gasteiger partial charge >= 0.3 is 0 Å². The molecule has 1 N–H and O–H groups in total. The van der Waals surface area contributed by atoms with Crippen LogP contribution in [0, 0.1) is 19.1 Å². The Morgan fingerprint density at radius 2 is 1.83 bits per heavy atom. The molecule has 1 aromatic heterocycles. The van der Waals surface area contributed by atoms with Gasteiger partial charge in [-0.1, -0.05) is 67.9 Å². The molecule has 30 heavy (non-hydrogen) atoms. The van der Waals surface area contributed by atoms with Gasteiger partial charge < -0.3 is 9.63 Å². The van der Waals surface area contributed by atoms with Gasteiger partial charge in [-0.3, -0.25) is 0 Å². The molecule has 0 fully saturated rings. The van der Waals surface area contributed by atoms with Gasteiger partial charge in [-0.05, 0) is 53.8 Å². The van der Waals surface area contributed by atoms with E-state index >= 15 is 0 Å². The Hall–Kier alpha value is -3.29. The van der Waals surface area contributed by atoms with Crippen LogP contribution in [0.2, 0.25) is 5.02 Å². The van der Waals surface area contributed by atoms with E-state index in [0.717, 1.165) is 16.7 Å². The highest BCUT2D eigenvalue weighted by Gasteiger charge is 2.24. The molecule has 0 unspecified atom stereocenters. The lowest BCUT2D eigenvalue weighted by Gasteiger charge is -2.21. The largest absolute Gasteiger partial charge is 0.506 e. The summed E-state index contributed by atoms with van der Waals surface area (Å²) in [6, 6.07) is 21.0. The standard InChI is InChI=1S/C25H21ClN2O2/c1-15-9-8-12-20(26)21(15)23-27-24(30-28-23)19-14-17(25(2,3)4)13-18(22(19)29)16-10-6-5-7-11-16/h5-6,8-10,12-14,29H,1-4H3. The minimum absolute atomic E-state index is 0.0601. The van der Waals surface area contributed by atoms with E-state index in [2.05, 4.69) is 43.0 Å². The molecule has 4 aromatic rings. The summed E-state index contributed by atoms with van der Waals surface area (Å²) in [4.78, 5) is 4.55. The van der Waals surface area contributed by atoms with Crippen LogP contribution >= 0.6 is 11.6 Å². The number of halogens is 1. The van der Waals surface area contributed by atoms with Crippen LogP contribution in [-0.2, 0) is 5.41 Å². The zero-order chi connectivity index (χ0) is 21.5. The van der Waals surface area contributed by atoms with E-state index < -0.39 is 0 Å². The molecule has 5 heteroatoms. The third-order valence-electron chi connectivity index (χ3n) is 5.02. The Bertz CT molecular complexity index is 1190. The van der Waals surface area contributed by atoms with Crippen molar-refractivity contribution >= 4 is 11.6 Å². The molecular weight excluding hydrogens is 396 g/mol. The number of benzene rings is 2. The van der Waals surface area contributed by atoms with Crippen LogP contribution in [0.4, 0.5) is 0 Å². The van der Waals surface area contributed by atoms with Crippen molar-refractivity contribution in [2.45, 2.75) is 33.1 Å². The molecule has 0 radical (unpaired) electrons. The predicted octanol–water partition coefficient (Wildman–Crippen LogP) is 6.64. The van der Waals surface area contributed by atoms with Crippen molar-refractivity contribution in [3.63, 3.8) is 0 Å². The second-order valence-electron chi connectivity index (χ2n) is 8.23. The van der Waals surface area contributed by atoms with Crippen LogP contribution in [0.5, 0.6) is 5.75 Å². The van der Waals surface area contributed by atoms with Gasteiger partial charge in [0.05, 0.1) is 10.6 Å². The summed E-state index contributed by atoms with van der Waals surface area (Å²) in [5.74, 6) is 0.675. The highest BCUT2D eigenvalue weighted by Crippen LogP contribution is 2.41. The quantitative estimate of drug-likeness (QED) is 0.407. The fourth-order valence-electron chi connectivity index (χ4n) is 3.30. The molecule has 1 heterocycles. The van der Waals surface area contributed by atoms with Gasteiger partial charge in [0.15, 0.2) is 0 Å².